The van der Waals surface area contributed by atoms with Crippen LogP contribution in [0, 0.1) is 0 Å². The number of rotatable bonds is 4. The molecule has 2 aliphatic rings. The predicted molar refractivity (Wildman–Crippen MR) is 87.6 cm³/mol. The minimum Gasteiger partial charge on any atom is -0.360 e. The van der Waals surface area contributed by atoms with Crippen LogP contribution in [0.2, 0.25) is 0 Å². The summed E-state index contributed by atoms with van der Waals surface area (Å²) in [4.78, 5) is 18.9. The second kappa shape index (κ2) is 5.57. The van der Waals surface area contributed by atoms with Gasteiger partial charge in [-0.25, -0.2) is 0 Å². The molecule has 1 spiro atoms. The van der Waals surface area contributed by atoms with Crippen LogP contribution in [-0.2, 0) is 14.4 Å². The molecule has 1 atom stereocenters. The lowest BCUT2D eigenvalue weighted by molar-refractivity contribution is -0.307. The molecule has 0 aromatic heterocycles. The summed E-state index contributed by atoms with van der Waals surface area (Å²) in [5, 5.41) is 2.10. The molecule has 128 valence electrons. The van der Waals surface area contributed by atoms with Crippen LogP contribution in [-0.4, -0.2) is 39.7 Å². The summed E-state index contributed by atoms with van der Waals surface area (Å²) in [5.41, 5.74) is -1.42. The number of nitrogens with zero attached hydrogens (tertiary/aromatic N) is 1. The van der Waals surface area contributed by atoms with Crippen molar-refractivity contribution >= 4 is 5.78 Å². The van der Waals surface area contributed by atoms with E-state index in [1.54, 1.807) is 0 Å². The minimum absolute atomic E-state index is 0.231. The van der Waals surface area contributed by atoms with Crippen molar-refractivity contribution in [1.82, 2.24) is 5.06 Å². The molecule has 2 aliphatic heterocycles. The van der Waals surface area contributed by atoms with Gasteiger partial charge in [-0.1, -0.05) is 13.8 Å². The number of hydrogen-bond acceptors (Lipinski definition) is 4. The Morgan fingerprint density at radius 3 is 2.05 bits per heavy atom. The van der Waals surface area contributed by atoms with Gasteiger partial charge in [0, 0.05) is 30.3 Å². The average molecular weight is 311 g/mol. The predicted octanol–water partition coefficient (Wildman–Crippen LogP) is 3.88. The Kier molecular flexibility index (Phi) is 4.53. The van der Waals surface area contributed by atoms with Crippen LogP contribution < -0.4 is 0 Å². The zero-order chi connectivity index (χ0) is 16.8. The van der Waals surface area contributed by atoms with E-state index in [4.69, 9.17) is 9.57 Å². The second-order valence-electron chi connectivity index (χ2n) is 8.61. The number of Topliss-reactive ketones (excluding diaryl/α,β-unsaturated/α-hetero) is 1. The van der Waals surface area contributed by atoms with Crippen molar-refractivity contribution in [2.75, 3.05) is 6.61 Å². The molecular formula is C18H33NO3. The number of carbonyl (C=O) groups excluding carboxylic acids is 1. The molecule has 2 rings (SSSR count). The van der Waals surface area contributed by atoms with Crippen LogP contribution in [0.1, 0.15) is 80.6 Å². The van der Waals surface area contributed by atoms with Crippen LogP contribution in [0.25, 0.3) is 0 Å². The number of piperidine rings is 1. The Labute approximate surface area is 135 Å². The summed E-state index contributed by atoms with van der Waals surface area (Å²) in [5.74, 6) is 0.271. The molecule has 0 aromatic carbocycles. The van der Waals surface area contributed by atoms with Crippen molar-refractivity contribution in [2.24, 2.45) is 0 Å². The Morgan fingerprint density at radius 1 is 1.09 bits per heavy atom. The molecule has 0 amide bonds. The van der Waals surface area contributed by atoms with Crippen molar-refractivity contribution in [1.29, 1.82) is 0 Å². The maximum atomic E-state index is 12.8. The van der Waals surface area contributed by atoms with Crippen LogP contribution in [0.3, 0.4) is 0 Å². The lowest BCUT2D eigenvalue weighted by atomic mass is 9.70. The summed E-state index contributed by atoms with van der Waals surface area (Å²) >= 11 is 0. The van der Waals surface area contributed by atoms with Crippen LogP contribution in [0.5, 0.6) is 0 Å². The fourth-order valence-electron chi connectivity index (χ4n) is 4.49. The quantitative estimate of drug-likeness (QED) is 0.790. The molecule has 2 heterocycles. The lowest BCUT2D eigenvalue weighted by Gasteiger charge is -2.56. The van der Waals surface area contributed by atoms with Crippen molar-refractivity contribution in [3.8, 4) is 0 Å². The topological polar surface area (TPSA) is 38.8 Å². The number of carbonyl (C=O) groups is 1. The molecule has 0 aliphatic carbocycles. The van der Waals surface area contributed by atoms with Gasteiger partial charge in [0.05, 0.1) is 12.2 Å². The minimum atomic E-state index is -0.649. The molecule has 22 heavy (non-hydrogen) atoms. The largest absolute Gasteiger partial charge is 0.360 e. The van der Waals surface area contributed by atoms with Crippen LogP contribution >= 0.6 is 0 Å². The molecule has 0 aromatic rings. The monoisotopic (exact) mass is 311 g/mol. The molecule has 1 unspecified atom stereocenters. The second-order valence-corrected chi connectivity index (χ2v) is 8.61. The Bertz CT molecular complexity index is 426. The van der Waals surface area contributed by atoms with E-state index in [1.807, 2.05) is 0 Å². The van der Waals surface area contributed by atoms with E-state index in [2.05, 4.69) is 53.5 Å². The summed E-state index contributed by atoms with van der Waals surface area (Å²) in [6, 6.07) is 0. The van der Waals surface area contributed by atoms with E-state index >= 15 is 0 Å². The maximum absolute atomic E-state index is 12.8. The van der Waals surface area contributed by atoms with Gasteiger partial charge in [-0.3, -0.25) is 9.63 Å². The van der Waals surface area contributed by atoms with Gasteiger partial charge >= 0.3 is 0 Å². The fourth-order valence-corrected chi connectivity index (χ4v) is 4.49. The highest BCUT2D eigenvalue weighted by molar-refractivity contribution is 5.90. The first kappa shape index (κ1) is 17.9. The van der Waals surface area contributed by atoms with Gasteiger partial charge in [0.1, 0.15) is 5.60 Å². The van der Waals surface area contributed by atoms with Gasteiger partial charge in [-0.15, -0.1) is 0 Å². The van der Waals surface area contributed by atoms with E-state index < -0.39 is 5.60 Å². The molecule has 0 bridgehead atoms. The van der Waals surface area contributed by atoms with Crippen molar-refractivity contribution < 1.29 is 14.4 Å². The zero-order valence-corrected chi connectivity index (χ0v) is 15.4. The first-order valence-corrected chi connectivity index (χ1v) is 8.67. The first-order chi connectivity index (χ1) is 10.0. The fraction of sp³-hybridized carbons (Fsp3) is 0.944. The van der Waals surface area contributed by atoms with E-state index in [-0.39, 0.29) is 22.5 Å². The molecule has 2 saturated heterocycles. The first-order valence-electron chi connectivity index (χ1n) is 8.67. The molecule has 4 heteroatoms. The third-order valence-corrected chi connectivity index (χ3v) is 5.19. The van der Waals surface area contributed by atoms with Crippen LogP contribution in [0.15, 0.2) is 0 Å². The Balaban J connectivity index is 2.31. The van der Waals surface area contributed by atoms with Gasteiger partial charge in [0.25, 0.3) is 0 Å². The van der Waals surface area contributed by atoms with E-state index in [0.29, 0.717) is 25.9 Å². The lowest BCUT2D eigenvalue weighted by Crippen LogP contribution is -2.66. The zero-order valence-electron chi connectivity index (χ0n) is 15.4. The molecule has 0 radical (unpaired) electrons. The van der Waals surface area contributed by atoms with E-state index in [9.17, 15) is 4.79 Å². The van der Waals surface area contributed by atoms with Gasteiger partial charge in [-0.2, -0.15) is 5.06 Å². The number of hydroxylamine groups is 2. The summed E-state index contributed by atoms with van der Waals surface area (Å²) in [7, 11) is 0. The van der Waals surface area contributed by atoms with Gasteiger partial charge < -0.3 is 4.74 Å². The van der Waals surface area contributed by atoms with Crippen molar-refractivity contribution in [3.63, 3.8) is 0 Å². The third-order valence-electron chi connectivity index (χ3n) is 5.19. The summed E-state index contributed by atoms with van der Waals surface area (Å²) in [6.07, 6.45) is 3.78. The van der Waals surface area contributed by atoms with Gasteiger partial charge in [-0.05, 0) is 47.5 Å². The standard InChI is InChI=1S/C18H33NO3/c1-8-10-21-19-15(3,4)12-18(13-16(19,5)6)14(20)11-17(7,9-2)22-18/h8-13H2,1-7H3. The number of ketones is 1. The third kappa shape index (κ3) is 2.98. The molecule has 2 fully saturated rings. The average Bonchev–Trinajstić information content (AvgIpc) is 2.58. The van der Waals surface area contributed by atoms with Crippen LogP contribution in [0.4, 0.5) is 0 Å². The normalized spacial score (nSPS) is 33.5. The molecule has 0 saturated carbocycles. The van der Waals surface area contributed by atoms with E-state index in [1.165, 1.54) is 0 Å². The summed E-state index contributed by atoms with van der Waals surface area (Å²) < 4.78 is 6.43. The van der Waals surface area contributed by atoms with Gasteiger partial charge in [0.2, 0.25) is 0 Å². The Hall–Kier alpha value is -0.450. The number of ether oxygens (including phenoxy) is 1. The molecular weight excluding hydrogens is 278 g/mol. The Morgan fingerprint density at radius 2 is 1.64 bits per heavy atom. The van der Waals surface area contributed by atoms with Crippen molar-refractivity contribution in [3.05, 3.63) is 0 Å². The highest BCUT2D eigenvalue weighted by Crippen LogP contribution is 2.52. The highest BCUT2D eigenvalue weighted by atomic mass is 16.7. The SMILES string of the molecule is CCCON1C(C)(C)CC2(CC1(C)C)OC(C)(CC)CC2=O. The highest BCUT2D eigenvalue weighted by Gasteiger charge is 2.62. The maximum Gasteiger partial charge on any atom is 0.167 e. The summed E-state index contributed by atoms with van der Waals surface area (Å²) in [6.45, 7) is 15.6. The van der Waals surface area contributed by atoms with E-state index in [0.717, 1.165) is 12.8 Å². The van der Waals surface area contributed by atoms with Gasteiger partial charge in [0.15, 0.2) is 5.78 Å². The molecule has 4 nitrogen and oxygen atoms in total. The molecule has 0 N–H and O–H groups in total. The number of hydrogen-bond donors (Lipinski definition) is 0. The smallest absolute Gasteiger partial charge is 0.167 e. The van der Waals surface area contributed by atoms with Crippen molar-refractivity contribution in [2.45, 2.75) is 103 Å².